The number of carbonyl (C=O) groups is 1. The normalized spacial score (nSPS) is 24.5. The van der Waals surface area contributed by atoms with Gasteiger partial charge >= 0.3 is 6.03 Å². The number of nitrogens with zero attached hydrogens (tertiary/aromatic N) is 3. The van der Waals surface area contributed by atoms with Crippen molar-refractivity contribution in [1.29, 1.82) is 0 Å². The Balaban J connectivity index is 1.30. The van der Waals surface area contributed by atoms with Gasteiger partial charge < -0.3 is 10.1 Å². The van der Waals surface area contributed by atoms with Gasteiger partial charge in [0.15, 0.2) is 0 Å². The Labute approximate surface area is 134 Å². The van der Waals surface area contributed by atoms with Crippen LogP contribution in [-0.4, -0.2) is 59.0 Å². The Hall–Kier alpha value is -2.12. The zero-order valence-corrected chi connectivity index (χ0v) is 12.9. The second-order valence-electron chi connectivity index (χ2n) is 6.17. The number of hydrogen-bond acceptors (Lipinski definition) is 4. The van der Waals surface area contributed by atoms with Gasteiger partial charge in [-0.05, 0) is 31.5 Å². The summed E-state index contributed by atoms with van der Waals surface area (Å²) in [5.74, 6) is 0. The SMILES string of the molecule is O=C(NC[C@@H]1CN2CCC[C@@H]2CO1)Nn1cnc2ccccc21. The monoisotopic (exact) mass is 315 g/mol. The van der Waals surface area contributed by atoms with E-state index in [2.05, 4.69) is 20.6 Å². The van der Waals surface area contributed by atoms with Gasteiger partial charge in [0.05, 0.1) is 23.7 Å². The van der Waals surface area contributed by atoms with Crippen LogP contribution in [0.3, 0.4) is 0 Å². The van der Waals surface area contributed by atoms with E-state index in [0.29, 0.717) is 12.6 Å². The summed E-state index contributed by atoms with van der Waals surface area (Å²) >= 11 is 0. The molecule has 23 heavy (non-hydrogen) atoms. The maximum absolute atomic E-state index is 12.1. The van der Waals surface area contributed by atoms with Gasteiger partial charge in [0, 0.05) is 19.1 Å². The van der Waals surface area contributed by atoms with Crippen molar-refractivity contribution >= 4 is 17.1 Å². The van der Waals surface area contributed by atoms with Crippen LogP contribution in [0.25, 0.3) is 11.0 Å². The van der Waals surface area contributed by atoms with Crippen LogP contribution in [0.1, 0.15) is 12.8 Å². The van der Waals surface area contributed by atoms with Gasteiger partial charge in [-0.1, -0.05) is 12.1 Å². The van der Waals surface area contributed by atoms with E-state index < -0.39 is 0 Å². The van der Waals surface area contributed by atoms with Gasteiger partial charge in [0.2, 0.25) is 0 Å². The van der Waals surface area contributed by atoms with Gasteiger partial charge in [0.25, 0.3) is 0 Å². The van der Waals surface area contributed by atoms with Crippen LogP contribution < -0.4 is 10.7 Å². The number of amides is 2. The number of para-hydroxylation sites is 2. The van der Waals surface area contributed by atoms with Crippen molar-refractivity contribution in [3.05, 3.63) is 30.6 Å². The van der Waals surface area contributed by atoms with Crippen molar-refractivity contribution in [1.82, 2.24) is 19.9 Å². The quantitative estimate of drug-likeness (QED) is 0.891. The predicted octanol–water partition coefficient (Wildman–Crippen LogP) is 1.15. The van der Waals surface area contributed by atoms with Crippen molar-refractivity contribution in [2.75, 3.05) is 31.7 Å². The van der Waals surface area contributed by atoms with E-state index in [0.717, 1.165) is 30.7 Å². The molecule has 0 radical (unpaired) electrons. The number of ether oxygens (including phenoxy) is 1. The lowest BCUT2D eigenvalue weighted by atomic mass is 10.2. The summed E-state index contributed by atoms with van der Waals surface area (Å²) in [6, 6.07) is 8.00. The highest BCUT2D eigenvalue weighted by Gasteiger charge is 2.32. The maximum atomic E-state index is 12.1. The molecule has 0 unspecified atom stereocenters. The summed E-state index contributed by atoms with van der Waals surface area (Å²) in [6.45, 7) is 3.35. The topological polar surface area (TPSA) is 71.4 Å². The van der Waals surface area contributed by atoms with Crippen molar-refractivity contribution in [3.8, 4) is 0 Å². The molecule has 2 aliphatic heterocycles. The molecule has 1 aromatic carbocycles. The Bertz CT molecular complexity index is 701. The highest BCUT2D eigenvalue weighted by molar-refractivity contribution is 5.85. The van der Waals surface area contributed by atoms with Gasteiger partial charge in [-0.25, -0.2) is 19.9 Å². The lowest BCUT2D eigenvalue weighted by molar-refractivity contribution is -0.0456. The zero-order chi connectivity index (χ0) is 15.6. The number of morpholine rings is 1. The second-order valence-corrected chi connectivity index (χ2v) is 6.17. The number of benzene rings is 1. The predicted molar refractivity (Wildman–Crippen MR) is 86.8 cm³/mol. The highest BCUT2D eigenvalue weighted by Crippen LogP contribution is 2.22. The first-order valence-electron chi connectivity index (χ1n) is 8.12. The molecule has 7 heteroatoms. The molecule has 2 amide bonds. The van der Waals surface area contributed by atoms with Crippen LogP contribution >= 0.6 is 0 Å². The molecule has 3 heterocycles. The summed E-state index contributed by atoms with van der Waals surface area (Å²) < 4.78 is 7.47. The van der Waals surface area contributed by atoms with Crippen LogP contribution in [0.4, 0.5) is 4.79 Å². The molecular weight excluding hydrogens is 294 g/mol. The van der Waals surface area contributed by atoms with Gasteiger partial charge in [-0.2, -0.15) is 0 Å². The molecule has 7 nitrogen and oxygen atoms in total. The summed E-state index contributed by atoms with van der Waals surface area (Å²) in [5.41, 5.74) is 4.51. The third kappa shape index (κ3) is 3.02. The third-order valence-corrected chi connectivity index (χ3v) is 4.63. The van der Waals surface area contributed by atoms with E-state index >= 15 is 0 Å². The van der Waals surface area contributed by atoms with E-state index in [1.54, 1.807) is 11.0 Å². The standard InChI is InChI=1S/C16H21N5O2/c22-16(19-21-11-18-14-5-1-2-6-15(14)21)17-8-13-9-20-7-3-4-12(20)10-23-13/h1-2,5-6,11-13H,3-4,7-10H2,(H2,17,19,22)/t12-,13-/m1/s1. The number of carbonyl (C=O) groups excluding carboxylic acids is 1. The molecule has 1 aromatic heterocycles. The Morgan fingerprint density at radius 2 is 2.30 bits per heavy atom. The largest absolute Gasteiger partial charge is 0.373 e. The van der Waals surface area contributed by atoms with Crippen molar-refractivity contribution in [2.45, 2.75) is 25.0 Å². The summed E-state index contributed by atoms with van der Waals surface area (Å²) in [7, 11) is 0. The average Bonchev–Trinajstić information content (AvgIpc) is 3.20. The fourth-order valence-corrected chi connectivity index (χ4v) is 3.41. The molecular formula is C16H21N5O2. The van der Waals surface area contributed by atoms with Gasteiger partial charge in [-0.3, -0.25) is 4.90 Å². The van der Waals surface area contributed by atoms with Gasteiger partial charge in [0.1, 0.15) is 6.33 Å². The molecule has 2 atom stereocenters. The maximum Gasteiger partial charge on any atom is 0.334 e. The van der Waals surface area contributed by atoms with E-state index in [-0.39, 0.29) is 12.1 Å². The van der Waals surface area contributed by atoms with Crippen molar-refractivity contribution < 1.29 is 9.53 Å². The van der Waals surface area contributed by atoms with Crippen molar-refractivity contribution in [3.63, 3.8) is 0 Å². The number of hydrogen-bond donors (Lipinski definition) is 2. The lowest BCUT2D eigenvalue weighted by Crippen LogP contribution is -2.50. The third-order valence-electron chi connectivity index (χ3n) is 4.63. The Morgan fingerprint density at radius 3 is 3.26 bits per heavy atom. The number of rotatable bonds is 3. The van der Waals surface area contributed by atoms with Crippen LogP contribution in [0, 0.1) is 0 Å². The molecule has 0 saturated carbocycles. The van der Waals surface area contributed by atoms with Crippen molar-refractivity contribution in [2.24, 2.45) is 0 Å². The molecule has 2 aliphatic rings. The first-order valence-corrected chi connectivity index (χ1v) is 8.12. The molecule has 2 N–H and O–H groups in total. The molecule has 4 rings (SSSR count). The fourth-order valence-electron chi connectivity index (χ4n) is 3.41. The molecule has 2 fully saturated rings. The van der Waals surface area contributed by atoms with Crippen LogP contribution in [0.15, 0.2) is 30.6 Å². The van der Waals surface area contributed by atoms with E-state index in [4.69, 9.17) is 4.74 Å². The summed E-state index contributed by atoms with van der Waals surface area (Å²) in [4.78, 5) is 18.8. The minimum Gasteiger partial charge on any atom is -0.373 e. The van der Waals surface area contributed by atoms with E-state index in [9.17, 15) is 4.79 Å². The molecule has 0 aliphatic carbocycles. The molecule has 0 spiro atoms. The van der Waals surface area contributed by atoms with Crippen LogP contribution in [0.2, 0.25) is 0 Å². The molecule has 2 aromatic rings. The highest BCUT2D eigenvalue weighted by atomic mass is 16.5. The minimum atomic E-state index is -0.250. The van der Waals surface area contributed by atoms with Gasteiger partial charge in [-0.15, -0.1) is 0 Å². The lowest BCUT2D eigenvalue weighted by Gasteiger charge is -2.35. The number of imidazole rings is 1. The molecule has 2 saturated heterocycles. The van der Waals surface area contributed by atoms with E-state index in [1.807, 2.05) is 24.3 Å². The fraction of sp³-hybridized carbons (Fsp3) is 0.500. The average molecular weight is 315 g/mol. The van der Waals surface area contributed by atoms with Crippen LogP contribution in [-0.2, 0) is 4.74 Å². The molecule has 0 bridgehead atoms. The second kappa shape index (κ2) is 6.17. The van der Waals surface area contributed by atoms with E-state index in [1.165, 1.54) is 12.8 Å². The first-order chi connectivity index (χ1) is 11.3. The smallest absolute Gasteiger partial charge is 0.334 e. The molecule has 122 valence electrons. The summed E-state index contributed by atoms with van der Waals surface area (Å²) in [6.07, 6.45) is 4.15. The van der Waals surface area contributed by atoms with Crippen LogP contribution in [0.5, 0.6) is 0 Å². The number of urea groups is 1. The number of nitrogens with one attached hydrogen (secondary N) is 2. The Morgan fingerprint density at radius 1 is 1.39 bits per heavy atom. The minimum absolute atomic E-state index is 0.0645. The number of aromatic nitrogens is 2. The Kier molecular flexibility index (Phi) is 3.88. The zero-order valence-electron chi connectivity index (χ0n) is 12.9. The summed E-state index contributed by atoms with van der Waals surface area (Å²) in [5, 5.41) is 2.88. The first kappa shape index (κ1) is 14.5. The number of fused-ring (bicyclic) bond motifs is 2.